The van der Waals surface area contributed by atoms with Gasteiger partial charge in [0.1, 0.15) is 0 Å². The predicted molar refractivity (Wildman–Crippen MR) is 219 cm³/mol. The Balaban J connectivity index is 1.43. The molecule has 0 bridgehead atoms. The van der Waals surface area contributed by atoms with Crippen molar-refractivity contribution in [2.75, 3.05) is 0 Å². The van der Waals surface area contributed by atoms with Gasteiger partial charge in [-0.25, -0.2) is 0 Å². The van der Waals surface area contributed by atoms with Crippen LogP contribution in [0.4, 0.5) is 0 Å². The highest BCUT2D eigenvalue weighted by Crippen LogP contribution is 2.50. The van der Waals surface area contributed by atoms with Crippen LogP contribution in [0.15, 0.2) is 195 Å². The summed E-state index contributed by atoms with van der Waals surface area (Å²) in [5, 5.41) is 9.78. The fourth-order valence-corrected chi connectivity index (χ4v) is 8.21. The van der Waals surface area contributed by atoms with Crippen LogP contribution >= 0.6 is 0 Å². The molecular formula is C50H32N2. The van der Waals surface area contributed by atoms with Gasteiger partial charge in [0.15, 0.2) is 0 Å². The molecule has 0 saturated carbocycles. The number of nitrogens with zero attached hydrogens (tertiary/aromatic N) is 2. The number of pyridine rings is 2. The molecule has 2 heterocycles. The number of hydrogen-bond acceptors (Lipinski definition) is 2. The second-order valence-electron chi connectivity index (χ2n) is 13.3. The third-order valence-electron chi connectivity index (χ3n) is 10.4. The first-order valence-electron chi connectivity index (χ1n) is 17.7. The van der Waals surface area contributed by atoms with E-state index in [0.717, 1.165) is 11.1 Å². The van der Waals surface area contributed by atoms with Crippen molar-refractivity contribution >= 4 is 43.1 Å². The van der Waals surface area contributed by atoms with Gasteiger partial charge >= 0.3 is 0 Å². The third-order valence-corrected chi connectivity index (χ3v) is 10.4. The topological polar surface area (TPSA) is 25.8 Å². The average molecular weight is 661 g/mol. The number of rotatable bonds is 5. The molecule has 0 fully saturated rings. The van der Waals surface area contributed by atoms with Crippen LogP contribution < -0.4 is 0 Å². The fourth-order valence-electron chi connectivity index (χ4n) is 8.21. The number of fused-ring (bicyclic) bond motifs is 5. The molecule has 0 atom stereocenters. The molecular weight excluding hydrogens is 629 g/mol. The molecule has 2 heteroatoms. The maximum absolute atomic E-state index is 4.40. The number of benzene rings is 8. The van der Waals surface area contributed by atoms with Gasteiger partial charge in [-0.3, -0.25) is 9.97 Å². The maximum Gasteiger partial charge on any atom is 0.0273 e. The van der Waals surface area contributed by atoms with Gasteiger partial charge in [-0.1, -0.05) is 127 Å². The summed E-state index contributed by atoms with van der Waals surface area (Å²) in [6, 6.07) is 61.8. The van der Waals surface area contributed by atoms with Crippen LogP contribution in [0.1, 0.15) is 0 Å². The van der Waals surface area contributed by atoms with E-state index in [9.17, 15) is 0 Å². The van der Waals surface area contributed by atoms with Crippen LogP contribution in [0.3, 0.4) is 0 Å². The maximum atomic E-state index is 4.40. The van der Waals surface area contributed by atoms with Crippen molar-refractivity contribution in [3.63, 3.8) is 0 Å². The van der Waals surface area contributed by atoms with Crippen molar-refractivity contribution in [3.8, 4) is 55.6 Å². The van der Waals surface area contributed by atoms with Gasteiger partial charge in [-0.05, 0) is 141 Å². The third kappa shape index (κ3) is 4.88. The van der Waals surface area contributed by atoms with E-state index >= 15 is 0 Å². The van der Waals surface area contributed by atoms with Crippen molar-refractivity contribution in [1.29, 1.82) is 0 Å². The largest absolute Gasteiger partial charge is 0.265 e. The summed E-state index contributed by atoms with van der Waals surface area (Å²) in [6.07, 6.45) is 7.59. The average Bonchev–Trinajstić information content (AvgIpc) is 3.23. The summed E-state index contributed by atoms with van der Waals surface area (Å²) in [6.45, 7) is 0. The van der Waals surface area contributed by atoms with Gasteiger partial charge < -0.3 is 0 Å². The van der Waals surface area contributed by atoms with Crippen LogP contribution in [0.2, 0.25) is 0 Å². The zero-order valence-electron chi connectivity index (χ0n) is 28.4. The van der Waals surface area contributed by atoms with Crippen LogP contribution in [-0.2, 0) is 0 Å². The Bertz CT molecular complexity index is 2920. The van der Waals surface area contributed by atoms with E-state index in [4.69, 9.17) is 0 Å². The molecule has 0 spiro atoms. The van der Waals surface area contributed by atoms with Crippen molar-refractivity contribution in [3.05, 3.63) is 195 Å². The second kappa shape index (κ2) is 12.5. The van der Waals surface area contributed by atoms with Gasteiger partial charge in [0, 0.05) is 24.8 Å². The molecule has 8 aromatic carbocycles. The van der Waals surface area contributed by atoms with Crippen molar-refractivity contribution < 1.29 is 0 Å². The molecule has 0 saturated heterocycles. The Morgan fingerprint density at radius 2 is 0.596 bits per heavy atom. The molecule has 10 rings (SSSR count). The van der Waals surface area contributed by atoms with E-state index in [2.05, 4.69) is 180 Å². The molecule has 2 nitrogen and oxygen atoms in total. The van der Waals surface area contributed by atoms with Crippen LogP contribution in [0, 0.1) is 0 Å². The van der Waals surface area contributed by atoms with Crippen molar-refractivity contribution in [2.24, 2.45) is 0 Å². The number of aromatic nitrogens is 2. The first-order valence-corrected chi connectivity index (χ1v) is 17.7. The monoisotopic (exact) mass is 660 g/mol. The van der Waals surface area contributed by atoms with Crippen LogP contribution in [0.5, 0.6) is 0 Å². The lowest BCUT2D eigenvalue weighted by atomic mass is 9.81. The van der Waals surface area contributed by atoms with Crippen molar-refractivity contribution in [2.45, 2.75) is 0 Å². The minimum absolute atomic E-state index is 1.15. The normalized spacial score (nSPS) is 11.5. The molecule has 0 aliphatic carbocycles. The summed E-state index contributed by atoms with van der Waals surface area (Å²) in [5.41, 5.74) is 12.0. The lowest BCUT2D eigenvalue weighted by Gasteiger charge is -2.22. The lowest BCUT2D eigenvalue weighted by molar-refractivity contribution is 1.33. The van der Waals surface area contributed by atoms with Gasteiger partial charge in [0.05, 0.1) is 0 Å². The number of hydrogen-bond donors (Lipinski definition) is 0. The summed E-state index contributed by atoms with van der Waals surface area (Å²) in [7, 11) is 0. The predicted octanol–water partition coefficient (Wildman–Crippen LogP) is 13.4. The van der Waals surface area contributed by atoms with E-state index in [-0.39, 0.29) is 0 Å². The molecule has 52 heavy (non-hydrogen) atoms. The van der Waals surface area contributed by atoms with Crippen molar-refractivity contribution in [1.82, 2.24) is 9.97 Å². The zero-order valence-corrected chi connectivity index (χ0v) is 28.4. The zero-order chi connectivity index (χ0) is 34.4. The van der Waals surface area contributed by atoms with E-state index in [0.29, 0.717) is 0 Å². The van der Waals surface area contributed by atoms with Gasteiger partial charge in [-0.15, -0.1) is 0 Å². The van der Waals surface area contributed by atoms with Crippen LogP contribution in [0.25, 0.3) is 98.7 Å². The Kier molecular flexibility index (Phi) is 7.18. The molecule has 0 radical (unpaired) electrons. The highest BCUT2D eigenvalue weighted by Gasteiger charge is 2.22. The van der Waals surface area contributed by atoms with Gasteiger partial charge in [0.25, 0.3) is 0 Å². The molecule has 0 unspecified atom stereocenters. The fraction of sp³-hybridized carbons (Fsp3) is 0. The molecule has 242 valence electrons. The van der Waals surface area contributed by atoms with Crippen LogP contribution in [-0.4, -0.2) is 9.97 Å². The summed E-state index contributed by atoms with van der Waals surface area (Å²) >= 11 is 0. The summed E-state index contributed by atoms with van der Waals surface area (Å²) in [5.74, 6) is 0. The second-order valence-corrected chi connectivity index (χ2v) is 13.3. The molecule has 0 amide bonds. The Labute approximate surface area is 302 Å². The Morgan fingerprint density at radius 3 is 1.17 bits per heavy atom. The highest BCUT2D eigenvalue weighted by molar-refractivity contribution is 6.29. The molecule has 10 aromatic rings. The van der Waals surface area contributed by atoms with E-state index < -0.39 is 0 Å². The van der Waals surface area contributed by atoms with Gasteiger partial charge in [0.2, 0.25) is 0 Å². The standard InChI is InChI=1S/C50H32N2/c1-3-12-33(13-4-1)37-16-11-17-38(30-37)50-40-19-8-7-18-39(40)43-31-45-46(32-44(43)49(50)34-14-5-2-6-15-34)48(36-24-28-52-29-25-36)42-21-10-9-20-41(42)47(45)35-22-26-51-27-23-35/h1-32H. The Morgan fingerprint density at radius 1 is 0.212 bits per heavy atom. The molecule has 2 aromatic heterocycles. The van der Waals surface area contributed by atoms with E-state index in [1.54, 1.807) is 0 Å². The summed E-state index contributed by atoms with van der Waals surface area (Å²) in [4.78, 5) is 8.79. The lowest BCUT2D eigenvalue weighted by Crippen LogP contribution is -1.95. The highest BCUT2D eigenvalue weighted by atomic mass is 14.6. The first kappa shape index (κ1) is 30.0. The smallest absolute Gasteiger partial charge is 0.0273 e. The first-order chi connectivity index (χ1) is 25.8. The molecule has 0 N–H and O–H groups in total. The quantitative estimate of drug-likeness (QED) is 0.136. The van der Waals surface area contributed by atoms with Gasteiger partial charge in [-0.2, -0.15) is 0 Å². The Hall–Kier alpha value is -6.90. The van der Waals surface area contributed by atoms with E-state index in [1.165, 1.54) is 87.6 Å². The van der Waals surface area contributed by atoms with E-state index in [1.807, 2.05) is 24.8 Å². The minimum Gasteiger partial charge on any atom is -0.265 e. The molecule has 0 aliphatic heterocycles. The minimum atomic E-state index is 1.15. The SMILES string of the molecule is c1ccc(-c2cccc(-c3c(-c4ccccc4)c4cc5c(-c6ccncc6)c6ccccc6c(-c6ccncc6)c5cc4c4ccccc34)c2)cc1. The molecule has 0 aliphatic rings. The summed E-state index contributed by atoms with van der Waals surface area (Å²) < 4.78 is 0.